The molecule has 0 saturated heterocycles. The number of hydrogen-bond donors (Lipinski definition) is 0. The number of ether oxygens (including phenoxy) is 1. The molecule has 0 radical (unpaired) electrons. The number of rotatable bonds is 6. The molecule has 0 N–H and O–H groups in total. The summed E-state index contributed by atoms with van der Waals surface area (Å²) in [6.07, 6.45) is 3.35. The number of alkyl halides is 3. The van der Waals surface area contributed by atoms with Crippen LogP contribution in [0.4, 0.5) is 13.2 Å². The zero-order chi connectivity index (χ0) is 19.1. The topological polar surface area (TPSA) is 30.8 Å². The molecular formula is C21H22F3NO2. The molecule has 2 aromatic carbocycles. The highest BCUT2D eigenvalue weighted by atomic mass is 19.4. The Morgan fingerprint density at radius 3 is 2.44 bits per heavy atom. The molecule has 0 heterocycles. The van der Waals surface area contributed by atoms with E-state index in [0.717, 1.165) is 5.56 Å². The minimum absolute atomic E-state index is 0.0612. The van der Waals surface area contributed by atoms with Crippen molar-refractivity contribution in [2.75, 3.05) is 0 Å². The van der Waals surface area contributed by atoms with Gasteiger partial charge >= 0.3 is 6.36 Å². The molecule has 1 fully saturated rings. The minimum Gasteiger partial charge on any atom is -0.406 e. The molecule has 1 aliphatic rings. The molecule has 0 amide bonds. The van der Waals surface area contributed by atoms with Crippen molar-refractivity contribution in [1.82, 2.24) is 0 Å². The standard InChI is InChI=1S/C21H22F3NO2/c22-21(23,24)27-20-8-4-5-17(13-20)15-26-25-14-16-9-11-19(12-10-16)18-6-2-1-3-7-18/h4-5,8-14,18H,1-3,6-7,15H2. The Kier molecular flexibility index (Phi) is 6.37. The van der Waals surface area contributed by atoms with Gasteiger partial charge in [-0.05, 0) is 47.6 Å². The first-order valence-electron chi connectivity index (χ1n) is 9.09. The summed E-state index contributed by atoms with van der Waals surface area (Å²) in [7, 11) is 0. The smallest absolute Gasteiger partial charge is 0.406 e. The highest BCUT2D eigenvalue weighted by Gasteiger charge is 2.31. The van der Waals surface area contributed by atoms with Crippen molar-refractivity contribution in [1.29, 1.82) is 0 Å². The van der Waals surface area contributed by atoms with Crippen molar-refractivity contribution in [3.8, 4) is 5.75 Å². The first-order chi connectivity index (χ1) is 13.0. The second kappa shape index (κ2) is 8.93. The summed E-state index contributed by atoms with van der Waals surface area (Å²) in [6, 6.07) is 13.9. The van der Waals surface area contributed by atoms with Gasteiger partial charge in [-0.1, -0.05) is 60.8 Å². The Morgan fingerprint density at radius 2 is 1.74 bits per heavy atom. The van der Waals surface area contributed by atoms with Crippen molar-refractivity contribution in [3.05, 3.63) is 65.2 Å². The molecular weight excluding hydrogens is 355 g/mol. The lowest BCUT2D eigenvalue weighted by molar-refractivity contribution is -0.274. The zero-order valence-corrected chi connectivity index (χ0v) is 14.9. The average molecular weight is 377 g/mol. The number of hydrogen-bond acceptors (Lipinski definition) is 3. The highest BCUT2D eigenvalue weighted by Crippen LogP contribution is 2.32. The summed E-state index contributed by atoms with van der Waals surface area (Å²) in [5.74, 6) is 0.387. The molecule has 0 atom stereocenters. The maximum Gasteiger partial charge on any atom is 0.573 e. The van der Waals surface area contributed by atoms with Crippen molar-refractivity contribution in [3.63, 3.8) is 0 Å². The van der Waals surface area contributed by atoms with Crippen molar-refractivity contribution in [2.24, 2.45) is 5.16 Å². The largest absolute Gasteiger partial charge is 0.573 e. The van der Waals surface area contributed by atoms with Crippen molar-refractivity contribution in [2.45, 2.75) is 51.0 Å². The molecule has 27 heavy (non-hydrogen) atoms. The summed E-state index contributed by atoms with van der Waals surface area (Å²) in [4.78, 5) is 5.19. The predicted molar refractivity (Wildman–Crippen MR) is 97.8 cm³/mol. The Hall–Kier alpha value is -2.50. The molecule has 3 rings (SSSR count). The van der Waals surface area contributed by atoms with Gasteiger partial charge in [0.15, 0.2) is 0 Å². The van der Waals surface area contributed by atoms with Gasteiger partial charge in [0.1, 0.15) is 12.4 Å². The summed E-state index contributed by atoms with van der Waals surface area (Å²) >= 11 is 0. The molecule has 0 aliphatic heterocycles. The molecule has 3 nitrogen and oxygen atoms in total. The number of oxime groups is 1. The van der Waals surface area contributed by atoms with E-state index in [9.17, 15) is 13.2 Å². The molecule has 1 aliphatic carbocycles. The summed E-state index contributed by atoms with van der Waals surface area (Å²) in [6.45, 7) is 0.0612. The average Bonchev–Trinajstić information content (AvgIpc) is 2.65. The Labute approximate surface area is 156 Å². The molecule has 0 spiro atoms. The summed E-state index contributed by atoms with van der Waals surface area (Å²) in [5.41, 5.74) is 2.83. The van der Waals surface area contributed by atoms with Crippen LogP contribution in [0.25, 0.3) is 0 Å². The quantitative estimate of drug-likeness (QED) is 0.444. The maximum absolute atomic E-state index is 12.2. The lowest BCUT2D eigenvalue weighted by atomic mass is 9.84. The third-order valence-corrected chi connectivity index (χ3v) is 4.65. The lowest BCUT2D eigenvalue weighted by Gasteiger charge is -2.21. The van der Waals surface area contributed by atoms with Crippen LogP contribution in [-0.4, -0.2) is 12.6 Å². The van der Waals surface area contributed by atoms with Gasteiger partial charge in [-0.15, -0.1) is 13.2 Å². The van der Waals surface area contributed by atoms with Crippen LogP contribution >= 0.6 is 0 Å². The van der Waals surface area contributed by atoms with Gasteiger partial charge in [-0.2, -0.15) is 0 Å². The van der Waals surface area contributed by atoms with E-state index in [1.807, 2.05) is 12.1 Å². The van der Waals surface area contributed by atoms with E-state index >= 15 is 0 Å². The molecule has 2 aromatic rings. The lowest BCUT2D eigenvalue weighted by Crippen LogP contribution is -2.17. The molecule has 144 valence electrons. The van der Waals surface area contributed by atoms with Crippen LogP contribution in [0, 0.1) is 0 Å². The van der Waals surface area contributed by atoms with E-state index in [2.05, 4.69) is 22.0 Å². The first kappa shape index (κ1) is 19.3. The highest BCUT2D eigenvalue weighted by molar-refractivity contribution is 5.79. The SMILES string of the molecule is FC(F)(F)Oc1cccc(CON=Cc2ccc(C3CCCCC3)cc2)c1. The van der Waals surface area contributed by atoms with Gasteiger partial charge in [0, 0.05) is 0 Å². The fourth-order valence-corrected chi connectivity index (χ4v) is 3.33. The molecule has 0 aromatic heterocycles. The van der Waals surface area contributed by atoms with Gasteiger partial charge in [0.05, 0.1) is 6.21 Å². The maximum atomic E-state index is 12.2. The van der Waals surface area contributed by atoms with Crippen LogP contribution in [0.3, 0.4) is 0 Å². The first-order valence-corrected chi connectivity index (χ1v) is 9.09. The summed E-state index contributed by atoms with van der Waals surface area (Å²) in [5, 5.41) is 3.90. The Bertz CT molecular complexity index is 751. The van der Waals surface area contributed by atoms with E-state index in [-0.39, 0.29) is 12.4 Å². The van der Waals surface area contributed by atoms with Crippen LogP contribution in [0.2, 0.25) is 0 Å². The van der Waals surface area contributed by atoms with E-state index < -0.39 is 6.36 Å². The van der Waals surface area contributed by atoms with Crippen LogP contribution < -0.4 is 4.74 Å². The fraction of sp³-hybridized carbons (Fsp3) is 0.381. The normalized spacial score (nSPS) is 15.8. The van der Waals surface area contributed by atoms with Crippen LogP contribution in [0.5, 0.6) is 5.75 Å². The Morgan fingerprint density at radius 1 is 1.00 bits per heavy atom. The molecule has 1 saturated carbocycles. The number of halogens is 3. The molecule has 0 bridgehead atoms. The van der Waals surface area contributed by atoms with Gasteiger partial charge in [-0.25, -0.2) is 0 Å². The second-order valence-corrected chi connectivity index (χ2v) is 6.70. The van der Waals surface area contributed by atoms with Crippen LogP contribution in [0.1, 0.15) is 54.7 Å². The van der Waals surface area contributed by atoms with Crippen LogP contribution in [0.15, 0.2) is 53.7 Å². The van der Waals surface area contributed by atoms with E-state index in [4.69, 9.17) is 4.84 Å². The Balaban J connectivity index is 1.50. The van der Waals surface area contributed by atoms with Crippen molar-refractivity contribution >= 4 is 6.21 Å². The zero-order valence-electron chi connectivity index (χ0n) is 14.9. The number of nitrogens with zero attached hydrogens (tertiary/aromatic N) is 1. The fourth-order valence-electron chi connectivity index (χ4n) is 3.33. The second-order valence-electron chi connectivity index (χ2n) is 6.70. The van der Waals surface area contributed by atoms with Gasteiger partial charge < -0.3 is 9.57 Å². The van der Waals surface area contributed by atoms with Gasteiger partial charge in [-0.3, -0.25) is 0 Å². The van der Waals surface area contributed by atoms with Crippen molar-refractivity contribution < 1.29 is 22.7 Å². The van der Waals surface area contributed by atoms with Crippen LogP contribution in [-0.2, 0) is 11.4 Å². The minimum atomic E-state index is -4.71. The predicted octanol–water partition coefficient (Wildman–Crippen LogP) is 6.18. The monoisotopic (exact) mass is 377 g/mol. The third-order valence-electron chi connectivity index (χ3n) is 4.65. The third kappa shape index (κ3) is 6.31. The van der Waals surface area contributed by atoms with Gasteiger partial charge in [0.2, 0.25) is 0 Å². The molecule has 6 heteroatoms. The van der Waals surface area contributed by atoms with Gasteiger partial charge in [0.25, 0.3) is 0 Å². The van der Waals surface area contributed by atoms with E-state index in [1.165, 1.54) is 55.9 Å². The van der Waals surface area contributed by atoms with E-state index in [0.29, 0.717) is 11.5 Å². The van der Waals surface area contributed by atoms with E-state index in [1.54, 1.807) is 12.3 Å². The number of benzene rings is 2. The summed E-state index contributed by atoms with van der Waals surface area (Å²) < 4.78 is 40.6. The molecule has 0 unspecified atom stereocenters.